The predicted molar refractivity (Wildman–Crippen MR) is 176 cm³/mol. The second-order valence-electron chi connectivity index (χ2n) is 13.2. The number of aryl methyl sites for hydroxylation is 1. The molecule has 0 fully saturated rings. The van der Waals surface area contributed by atoms with Crippen LogP contribution in [0.1, 0.15) is 119 Å². The third-order valence-corrected chi connectivity index (χ3v) is 10.2. The van der Waals surface area contributed by atoms with Crippen molar-refractivity contribution in [2.24, 2.45) is 0 Å². The summed E-state index contributed by atoms with van der Waals surface area (Å²) in [6.07, 6.45) is -0.321. The second kappa shape index (κ2) is 10.8. The Morgan fingerprint density at radius 2 is 1.04 bits per heavy atom. The van der Waals surface area contributed by atoms with Crippen LogP contribution in [-0.4, -0.2) is 45.5 Å². The molecule has 0 saturated heterocycles. The normalized spacial score (nSPS) is 16.5. The number of benzene rings is 5. The highest BCUT2D eigenvalue weighted by atomic mass is 19.4. The number of halogens is 3. The summed E-state index contributed by atoms with van der Waals surface area (Å²) in [6.45, 7) is 9.36. The van der Waals surface area contributed by atoms with Crippen molar-refractivity contribution in [1.29, 1.82) is 0 Å². The first-order valence-corrected chi connectivity index (χ1v) is 16.4. The molecule has 2 atom stereocenters. The SMILES string of the molecule is CCCCC(C)N1C(=O)c2ccc3c4c(C)cc5c6c(cc(C(F)(F)F)c(c7ccc(c2c37)C1=O)c64)C(=O)N(C(C)CCCC)C5=O. The van der Waals surface area contributed by atoms with E-state index >= 15 is 13.2 Å². The van der Waals surface area contributed by atoms with Gasteiger partial charge in [0.1, 0.15) is 0 Å². The number of amides is 4. The lowest BCUT2D eigenvalue weighted by atomic mass is 9.79. The van der Waals surface area contributed by atoms with E-state index in [-0.39, 0.29) is 49.8 Å². The molecule has 5 aromatic carbocycles. The van der Waals surface area contributed by atoms with Gasteiger partial charge in [0.05, 0.1) is 5.56 Å². The van der Waals surface area contributed by atoms with Gasteiger partial charge in [-0.3, -0.25) is 29.0 Å². The summed E-state index contributed by atoms with van der Waals surface area (Å²) in [5.74, 6) is -2.18. The molecule has 47 heavy (non-hydrogen) atoms. The molecule has 0 aliphatic carbocycles. The summed E-state index contributed by atoms with van der Waals surface area (Å²) >= 11 is 0. The number of alkyl halides is 3. The molecule has 5 aromatic rings. The van der Waals surface area contributed by atoms with Crippen molar-refractivity contribution >= 4 is 66.7 Å². The quantitative estimate of drug-likeness (QED) is 0.0962. The Labute approximate surface area is 269 Å². The highest BCUT2D eigenvalue weighted by Gasteiger charge is 2.43. The van der Waals surface area contributed by atoms with Crippen LogP contribution in [0, 0.1) is 6.92 Å². The Morgan fingerprint density at radius 3 is 1.53 bits per heavy atom. The van der Waals surface area contributed by atoms with Crippen molar-refractivity contribution in [3.8, 4) is 0 Å². The molecule has 0 N–H and O–H groups in total. The Balaban J connectivity index is 1.60. The van der Waals surface area contributed by atoms with Gasteiger partial charge >= 0.3 is 6.18 Å². The van der Waals surface area contributed by atoms with Gasteiger partial charge in [0.15, 0.2) is 0 Å². The molecule has 6 nitrogen and oxygen atoms in total. The highest BCUT2D eigenvalue weighted by Crippen LogP contribution is 2.51. The van der Waals surface area contributed by atoms with Gasteiger partial charge in [-0.1, -0.05) is 51.7 Å². The van der Waals surface area contributed by atoms with Gasteiger partial charge < -0.3 is 0 Å². The van der Waals surface area contributed by atoms with Gasteiger partial charge in [0.25, 0.3) is 23.6 Å². The maximum Gasteiger partial charge on any atom is 0.417 e. The fraction of sp³-hybridized carbons (Fsp3) is 0.368. The zero-order valence-electron chi connectivity index (χ0n) is 27.0. The van der Waals surface area contributed by atoms with Crippen LogP contribution in [0.2, 0.25) is 0 Å². The van der Waals surface area contributed by atoms with E-state index in [1.807, 2.05) is 20.8 Å². The maximum absolute atomic E-state index is 15.1. The van der Waals surface area contributed by atoms with Crippen LogP contribution < -0.4 is 0 Å². The lowest BCUT2D eigenvalue weighted by Crippen LogP contribution is -2.46. The van der Waals surface area contributed by atoms with Gasteiger partial charge in [0.2, 0.25) is 0 Å². The third kappa shape index (κ3) is 4.24. The molecule has 0 radical (unpaired) electrons. The van der Waals surface area contributed by atoms with E-state index in [0.717, 1.165) is 36.6 Å². The van der Waals surface area contributed by atoms with Crippen molar-refractivity contribution in [1.82, 2.24) is 9.80 Å². The summed E-state index contributed by atoms with van der Waals surface area (Å²) in [6, 6.07) is 8.14. The number of hydrogen-bond acceptors (Lipinski definition) is 4. The molecule has 242 valence electrons. The fourth-order valence-electron chi connectivity index (χ4n) is 7.99. The summed E-state index contributed by atoms with van der Waals surface area (Å²) in [5, 5.41) is 2.26. The number of hydrogen-bond donors (Lipinski definition) is 0. The molecule has 2 aliphatic heterocycles. The minimum Gasteiger partial charge on any atom is -0.272 e. The van der Waals surface area contributed by atoms with Crippen molar-refractivity contribution in [2.45, 2.75) is 91.4 Å². The van der Waals surface area contributed by atoms with Crippen LogP contribution in [0.4, 0.5) is 13.2 Å². The molecular weight excluding hydrogens is 605 g/mol. The van der Waals surface area contributed by atoms with E-state index in [1.54, 1.807) is 32.0 Å². The van der Waals surface area contributed by atoms with E-state index in [1.165, 1.54) is 17.0 Å². The Hall–Kier alpha value is -4.53. The Morgan fingerprint density at radius 1 is 0.596 bits per heavy atom. The van der Waals surface area contributed by atoms with Crippen LogP contribution in [0.3, 0.4) is 0 Å². The van der Waals surface area contributed by atoms with Crippen LogP contribution in [0.5, 0.6) is 0 Å². The minimum atomic E-state index is -4.85. The van der Waals surface area contributed by atoms with Crippen molar-refractivity contribution in [3.63, 3.8) is 0 Å². The zero-order valence-corrected chi connectivity index (χ0v) is 27.0. The van der Waals surface area contributed by atoms with Crippen LogP contribution >= 0.6 is 0 Å². The number of rotatable bonds is 8. The highest BCUT2D eigenvalue weighted by molar-refractivity contribution is 6.42. The monoisotopic (exact) mass is 640 g/mol. The number of carbonyl (C=O) groups excluding carboxylic acids is 4. The number of nitrogens with zero attached hydrogens (tertiary/aromatic N) is 2. The summed E-state index contributed by atoms with van der Waals surface area (Å²) in [4.78, 5) is 58.1. The fourth-order valence-corrected chi connectivity index (χ4v) is 7.99. The lowest BCUT2D eigenvalue weighted by molar-refractivity contribution is -0.136. The van der Waals surface area contributed by atoms with Crippen molar-refractivity contribution in [3.05, 3.63) is 69.8 Å². The summed E-state index contributed by atoms with van der Waals surface area (Å²) < 4.78 is 45.4. The molecule has 2 heterocycles. The molecule has 0 spiro atoms. The molecular formula is C38H35F3N2O4. The first-order chi connectivity index (χ1) is 22.3. The van der Waals surface area contributed by atoms with Gasteiger partial charge in [-0.2, -0.15) is 13.2 Å². The molecule has 7 rings (SSSR count). The van der Waals surface area contributed by atoms with Crippen molar-refractivity contribution < 1.29 is 32.3 Å². The second-order valence-corrected chi connectivity index (χ2v) is 13.2. The Kier molecular flexibility index (Phi) is 7.11. The molecule has 0 saturated carbocycles. The van der Waals surface area contributed by atoms with Crippen molar-refractivity contribution in [2.75, 3.05) is 0 Å². The maximum atomic E-state index is 15.1. The predicted octanol–water partition coefficient (Wildman–Crippen LogP) is 9.41. The summed E-state index contributed by atoms with van der Waals surface area (Å²) in [5.41, 5.74) is 0.169. The van der Waals surface area contributed by atoms with Crippen LogP contribution in [0.25, 0.3) is 43.1 Å². The first kappa shape index (κ1) is 31.1. The largest absolute Gasteiger partial charge is 0.417 e. The molecule has 2 aliphatic rings. The van der Waals surface area contributed by atoms with Crippen LogP contribution in [-0.2, 0) is 6.18 Å². The van der Waals surface area contributed by atoms with E-state index in [0.29, 0.717) is 39.9 Å². The first-order valence-electron chi connectivity index (χ1n) is 16.4. The Bertz CT molecular complexity index is 2180. The number of imide groups is 2. The zero-order chi connectivity index (χ0) is 33.7. The van der Waals surface area contributed by atoms with E-state index in [4.69, 9.17) is 0 Å². The standard InChI is InChI=1S/C38H35F3N2O4/c1-6-8-10-19(4)42-34(44)23-14-12-21-28-18(3)16-25-31-26(37(47)43(36(25)46)20(5)11-9-7-2)17-27(38(39,40)41)32(33(28)31)22-13-15-24(35(42)45)30(23)29(21)22/h12-17,19-20H,6-11H2,1-5H3. The van der Waals surface area contributed by atoms with E-state index in [2.05, 4.69) is 0 Å². The topological polar surface area (TPSA) is 74.8 Å². The van der Waals surface area contributed by atoms with Gasteiger partial charge in [-0.15, -0.1) is 0 Å². The molecule has 4 amide bonds. The number of carbonyl (C=O) groups is 4. The average molecular weight is 641 g/mol. The lowest BCUT2D eigenvalue weighted by Gasteiger charge is -2.34. The minimum absolute atomic E-state index is 0.140. The van der Waals surface area contributed by atoms with E-state index < -0.39 is 41.4 Å². The van der Waals surface area contributed by atoms with E-state index in [9.17, 15) is 19.2 Å². The van der Waals surface area contributed by atoms with Gasteiger partial charge in [0, 0.05) is 50.5 Å². The smallest absolute Gasteiger partial charge is 0.272 e. The molecule has 2 unspecified atom stereocenters. The van der Waals surface area contributed by atoms with Gasteiger partial charge in [-0.25, -0.2) is 0 Å². The molecule has 0 bridgehead atoms. The third-order valence-electron chi connectivity index (χ3n) is 10.2. The number of unbranched alkanes of at least 4 members (excludes halogenated alkanes) is 2. The molecule has 0 aromatic heterocycles. The average Bonchev–Trinajstić information content (AvgIpc) is 3.03. The van der Waals surface area contributed by atoms with Crippen LogP contribution in [0.15, 0.2) is 36.4 Å². The summed E-state index contributed by atoms with van der Waals surface area (Å²) in [7, 11) is 0. The van der Waals surface area contributed by atoms with Gasteiger partial charge in [-0.05, 0) is 90.4 Å². The molecule has 9 heteroatoms. The number of fused-ring (bicyclic) bond motifs is 2.